The zero-order valence-electron chi connectivity index (χ0n) is 9.83. The fourth-order valence-corrected chi connectivity index (χ4v) is 2.48. The number of aryl methyl sites for hydroxylation is 1. The first-order chi connectivity index (χ1) is 7.86. The highest BCUT2D eigenvalue weighted by Gasteiger charge is 2.23. The summed E-state index contributed by atoms with van der Waals surface area (Å²) in [6.45, 7) is 0.911. The van der Waals surface area contributed by atoms with E-state index in [0.29, 0.717) is 6.04 Å². The predicted octanol–water partition coefficient (Wildman–Crippen LogP) is 2.68. The van der Waals surface area contributed by atoms with Crippen LogP contribution in [0.3, 0.4) is 0 Å². The summed E-state index contributed by atoms with van der Waals surface area (Å²) in [7, 11) is 2.04. The van der Waals surface area contributed by atoms with E-state index in [1.165, 1.54) is 36.8 Å². The molecular weight excluding hydrogens is 198 g/mol. The number of ether oxygens (including phenoxy) is 1. The summed E-state index contributed by atoms with van der Waals surface area (Å²) in [5, 5.41) is 3.36. The number of benzene rings is 1. The number of hydrogen-bond donors (Lipinski definition) is 1. The molecule has 0 bridgehead atoms. The zero-order chi connectivity index (χ0) is 11.0. The van der Waals surface area contributed by atoms with Gasteiger partial charge in [0.25, 0.3) is 0 Å². The molecule has 3 rings (SSSR count). The molecule has 0 heterocycles. The minimum atomic E-state index is 0.549. The summed E-state index contributed by atoms with van der Waals surface area (Å²) < 4.78 is 5.80. The highest BCUT2D eigenvalue weighted by molar-refractivity contribution is 5.40. The quantitative estimate of drug-likeness (QED) is 0.837. The van der Waals surface area contributed by atoms with Crippen LogP contribution in [0.1, 0.15) is 36.4 Å². The molecule has 1 aromatic rings. The Morgan fingerprint density at radius 2 is 2.19 bits per heavy atom. The molecule has 1 fully saturated rings. The molecule has 0 amide bonds. The SMILES string of the molecule is CNC1CCc2cc(OCC3CC3)ccc21. The first-order valence-corrected chi connectivity index (χ1v) is 6.29. The van der Waals surface area contributed by atoms with Gasteiger partial charge in [-0.3, -0.25) is 0 Å². The number of nitrogens with one attached hydrogen (secondary N) is 1. The second-order valence-corrected chi connectivity index (χ2v) is 4.99. The summed E-state index contributed by atoms with van der Waals surface area (Å²) in [4.78, 5) is 0. The minimum Gasteiger partial charge on any atom is -0.493 e. The molecule has 2 aliphatic carbocycles. The van der Waals surface area contributed by atoms with Gasteiger partial charge >= 0.3 is 0 Å². The van der Waals surface area contributed by atoms with Gasteiger partial charge < -0.3 is 10.1 Å². The Labute approximate surface area is 97.0 Å². The number of fused-ring (bicyclic) bond motifs is 1. The van der Waals surface area contributed by atoms with Crippen LogP contribution >= 0.6 is 0 Å². The highest BCUT2D eigenvalue weighted by atomic mass is 16.5. The van der Waals surface area contributed by atoms with Gasteiger partial charge in [0.1, 0.15) is 5.75 Å². The van der Waals surface area contributed by atoms with E-state index in [4.69, 9.17) is 4.74 Å². The van der Waals surface area contributed by atoms with Crippen LogP contribution in [0, 0.1) is 5.92 Å². The lowest BCUT2D eigenvalue weighted by atomic mass is 10.1. The van der Waals surface area contributed by atoms with Gasteiger partial charge in [-0.15, -0.1) is 0 Å². The standard InChI is InChI=1S/C14H19NO/c1-15-14-7-4-11-8-12(5-6-13(11)14)16-9-10-2-3-10/h5-6,8,10,14-15H,2-4,7,9H2,1H3. The summed E-state index contributed by atoms with van der Waals surface area (Å²) in [6, 6.07) is 7.13. The van der Waals surface area contributed by atoms with E-state index >= 15 is 0 Å². The third-order valence-electron chi connectivity index (χ3n) is 3.72. The van der Waals surface area contributed by atoms with Crippen molar-refractivity contribution in [3.63, 3.8) is 0 Å². The van der Waals surface area contributed by atoms with Crippen molar-refractivity contribution in [1.29, 1.82) is 0 Å². The second kappa shape index (κ2) is 4.10. The summed E-state index contributed by atoms with van der Waals surface area (Å²) >= 11 is 0. The van der Waals surface area contributed by atoms with Gasteiger partial charge in [0.2, 0.25) is 0 Å². The molecule has 1 saturated carbocycles. The highest BCUT2D eigenvalue weighted by Crippen LogP contribution is 2.34. The van der Waals surface area contributed by atoms with Gasteiger partial charge in [0.15, 0.2) is 0 Å². The molecule has 0 aliphatic heterocycles. The van der Waals surface area contributed by atoms with Gasteiger partial charge in [-0.25, -0.2) is 0 Å². The maximum atomic E-state index is 5.80. The molecule has 0 spiro atoms. The largest absolute Gasteiger partial charge is 0.493 e. The van der Waals surface area contributed by atoms with Crippen LogP contribution < -0.4 is 10.1 Å². The van der Waals surface area contributed by atoms with Crippen LogP contribution in [0.25, 0.3) is 0 Å². The van der Waals surface area contributed by atoms with Gasteiger partial charge in [-0.2, -0.15) is 0 Å². The molecule has 1 N–H and O–H groups in total. The van der Waals surface area contributed by atoms with Crippen molar-refractivity contribution in [1.82, 2.24) is 5.32 Å². The molecule has 2 aliphatic rings. The third-order valence-corrected chi connectivity index (χ3v) is 3.72. The smallest absolute Gasteiger partial charge is 0.119 e. The predicted molar refractivity (Wildman–Crippen MR) is 64.8 cm³/mol. The Hall–Kier alpha value is -1.02. The maximum absolute atomic E-state index is 5.80. The van der Waals surface area contributed by atoms with Gasteiger partial charge in [-0.1, -0.05) is 6.07 Å². The van der Waals surface area contributed by atoms with Crippen LogP contribution in [-0.2, 0) is 6.42 Å². The molecule has 0 saturated heterocycles. The average molecular weight is 217 g/mol. The molecule has 2 nitrogen and oxygen atoms in total. The summed E-state index contributed by atoms with van der Waals surface area (Å²) in [5.41, 5.74) is 2.92. The Morgan fingerprint density at radius 3 is 2.94 bits per heavy atom. The molecule has 0 aromatic heterocycles. The molecule has 16 heavy (non-hydrogen) atoms. The van der Waals surface area contributed by atoms with Crippen LogP contribution in [0.15, 0.2) is 18.2 Å². The van der Waals surface area contributed by atoms with Gasteiger partial charge in [-0.05, 0) is 61.9 Å². The van der Waals surface area contributed by atoms with Gasteiger partial charge in [0, 0.05) is 6.04 Å². The monoisotopic (exact) mass is 217 g/mol. The van der Waals surface area contributed by atoms with E-state index < -0.39 is 0 Å². The van der Waals surface area contributed by atoms with Crippen molar-refractivity contribution in [2.45, 2.75) is 31.7 Å². The Bertz CT molecular complexity index is 384. The molecular formula is C14H19NO. The van der Waals surface area contributed by atoms with E-state index in [0.717, 1.165) is 18.3 Å². The van der Waals surface area contributed by atoms with Crippen molar-refractivity contribution in [3.05, 3.63) is 29.3 Å². The Morgan fingerprint density at radius 1 is 1.31 bits per heavy atom. The Kier molecular flexibility index (Phi) is 2.60. The maximum Gasteiger partial charge on any atom is 0.119 e. The normalized spacial score (nSPS) is 23.2. The van der Waals surface area contributed by atoms with Crippen molar-refractivity contribution >= 4 is 0 Å². The van der Waals surface area contributed by atoms with Crippen LogP contribution in [0.5, 0.6) is 5.75 Å². The first kappa shape index (κ1) is 10.2. The minimum absolute atomic E-state index is 0.549. The van der Waals surface area contributed by atoms with E-state index in [9.17, 15) is 0 Å². The van der Waals surface area contributed by atoms with E-state index in [2.05, 4.69) is 23.5 Å². The number of rotatable bonds is 4. The zero-order valence-corrected chi connectivity index (χ0v) is 9.83. The lowest BCUT2D eigenvalue weighted by molar-refractivity contribution is 0.299. The summed E-state index contributed by atoms with van der Waals surface area (Å²) in [6.07, 6.45) is 5.11. The fraction of sp³-hybridized carbons (Fsp3) is 0.571. The molecule has 0 radical (unpaired) electrons. The van der Waals surface area contributed by atoms with Crippen LogP contribution in [0.4, 0.5) is 0 Å². The van der Waals surface area contributed by atoms with Crippen molar-refractivity contribution in [2.75, 3.05) is 13.7 Å². The molecule has 1 atom stereocenters. The van der Waals surface area contributed by atoms with E-state index in [1.807, 2.05) is 7.05 Å². The first-order valence-electron chi connectivity index (χ1n) is 6.29. The lowest BCUT2D eigenvalue weighted by Crippen LogP contribution is -2.12. The molecule has 1 aromatic carbocycles. The number of hydrogen-bond acceptors (Lipinski definition) is 2. The van der Waals surface area contributed by atoms with E-state index in [1.54, 1.807) is 0 Å². The topological polar surface area (TPSA) is 21.3 Å². The molecule has 86 valence electrons. The Balaban J connectivity index is 1.72. The second-order valence-electron chi connectivity index (χ2n) is 4.99. The van der Waals surface area contributed by atoms with Gasteiger partial charge in [0.05, 0.1) is 6.61 Å². The lowest BCUT2D eigenvalue weighted by Gasteiger charge is -2.11. The van der Waals surface area contributed by atoms with Crippen molar-refractivity contribution in [3.8, 4) is 5.75 Å². The summed E-state index contributed by atoms with van der Waals surface area (Å²) in [5.74, 6) is 1.89. The van der Waals surface area contributed by atoms with E-state index in [-0.39, 0.29) is 0 Å². The average Bonchev–Trinajstić information content (AvgIpc) is 3.05. The van der Waals surface area contributed by atoms with Crippen LogP contribution in [-0.4, -0.2) is 13.7 Å². The van der Waals surface area contributed by atoms with Crippen molar-refractivity contribution in [2.24, 2.45) is 5.92 Å². The van der Waals surface area contributed by atoms with Crippen LogP contribution in [0.2, 0.25) is 0 Å². The molecule has 2 heteroatoms. The molecule has 1 unspecified atom stereocenters. The van der Waals surface area contributed by atoms with Crippen molar-refractivity contribution < 1.29 is 4.74 Å². The fourth-order valence-electron chi connectivity index (χ4n) is 2.48. The third kappa shape index (κ3) is 1.94.